The molecule has 104 valence electrons. The first-order valence-corrected chi connectivity index (χ1v) is 7.25. The molecule has 0 saturated carbocycles. The number of ether oxygens (including phenoxy) is 1. The van der Waals surface area contributed by atoms with Crippen LogP contribution in [0.25, 0.3) is 0 Å². The summed E-state index contributed by atoms with van der Waals surface area (Å²) in [6, 6.07) is 1.60. The van der Waals surface area contributed by atoms with Crippen LogP contribution in [0.3, 0.4) is 0 Å². The summed E-state index contributed by atoms with van der Waals surface area (Å²) in [5.41, 5.74) is 0.440. The van der Waals surface area contributed by atoms with Gasteiger partial charge in [0.1, 0.15) is 5.00 Å². The van der Waals surface area contributed by atoms with Gasteiger partial charge in [0, 0.05) is 4.88 Å². The molecule has 1 amide bonds. The van der Waals surface area contributed by atoms with Gasteiger partial charge in [-0.15, -0.1) is 11.3 Å². The minimum atomic E-state index is -0.387. The normalized spacial score (nSPS) is 18.3. The molecule has 2 N–H and O–H groups in total. The van der Waals surface area contributed by atoms with E-state index in [4.69, 9.17) is 4.74 Å². The van der Waals surface area contributed by atoms with Crippen molar-refractivity contribution >= 4 is 28.2 Å². The van der Waals surface area contributed by atoms with Crippen molar-refractivity contribution in [1.29, 1.82) is 0 Å². The van der Waals surface area contributed by atoms with Gasteiger partial charge in [0.15, 0.2) is 0 Å². The van der Waals surface area contributed by atoms with Crippen LogP contribution in [0.15, 0.2) is 6.07 Å². The van der Waals surface area contributed by atoms with Crippen LogP contribution in [0.5, 0.6) is 0 Å². The fourth-order valence-corrected chi connectivity index (χ4v) is 2.98. The van der Waals surface area contributed by atoms with Gasteiger partial charge in [0.2, 0.25) is 5.91 Å². The summed E-state index contributed by atoms with van der Waals surface area (Å²) in [5, 5.41) is 6.54. The number of carbonyl (C=O) groups is 2. The predicted molar refractivity (Wildman–Crippen MR) is 74.7 cm³/mol. The molecule has 2 rings (SSSR count). The third-order valence-corrected chi connectivity index (χ3v) is 3.93. The van der Waals surface area contributed by atoms with Crippen LogP contribution in [0, 0.1) is 6.92 Å². The van der Waals surface area contributed by atoms with Gasteiger partial charge >= 0.3 is 5.97 Å². The third-order valence-electron chi connectivity index (χ3n) is 2.96. The van der Waals surface area contributed by atoms with Crippen LogP contribution < -0.4 is 10.6 Å². The highest BCUT2D eigenvalue weighted by Crippen LogP contribution is 2.28. The molecule has 2 heterocycles. The van der Waals surface area contributed by atoms with E-state index in [9.17, 15) is 9.59 Å². The zero-order valence-corrected chi connectivity index (χ0v) is 11.9. The number of carbonyl (C=O) groups excluding carboxylic acids is 2. The average molecular weight is 282 g/mol. The standard InChI is InChI=1S/C13H18N2O3S/c1-3-18-13(17)9-7-8(2)19-12(9)15-11(16)10-5-4-6-14-10/h7,10,14H,3-6H2,1-2H3,(H,15,16). The molecule has 6 heteroatoms. The number of thiophene rings is 1. The van der Waals surface area contributed by atoms with Crippen molar-refractivity contribution in [3.63, 3.8) is 0 Å². The monoisotopic (exact) mass is 282 g/mol. The smallest absolute Gasteiger partial charge is 0.341 e. The number of nitrogens with one attached hydrogen (secondary N) is 2. The van der Waals surface area contributed by atoms with Gasteiger partial charge in [-0.1, -0.05) is 0 Å². The van der Waals surface area contributed by atoms with Crippen LogP contribution in [0.1, 0.15) is 35.0 Å². The van der Waals surface area contributed by atoms with E-state index >= 15 is 0 Å². The van der Waals surface area contributed by atoms with Crippen molar-refractivity contribution in [3.8, 4) is 0 Å². The maximum atomic E-state index is 12.0. The van der Waals surface area contributed by atoms with Gasteiger partial charge in [0.05, 0.1) is 18.2 Å². The molecule has 1 fully saturated rings. The number of amides is 1. The van der Waals surface area contributed by atoms with Crippen molar-refractivity contribution in [2.75, 3.05) is 18.5 Å². The molecule has 0 spiro atoms. The number of anilines is 1. The second-order valence-electron chi connectivity index (χ2n) is 4.46. The SMILES string of the molecule is CCOC(=O)c1cc(C)sc1NC(=O)C1CCCN1. The second kappa shape index (κ2) is 6.16. The molecule has 1 aliphatic rings. The van der Waals surface area contributed by atoms with Crippen LogP contribution in [0.4, 0.5) is 5.00 Å². The molecule has 1 aliphatic heterocycles. The molecule has 1 saturated heterocycles. The van der Waals surface area contributed by atoms with E-state index < -0.39 is 0 Å². The number of hydrogen-bond donors (Lipinski definition) is 2. The van der Waals surface area contributed by atoms with E-state index in [0.29, 0.717) is 17.2 Å². The van der Waals surface area contributed by atoms with E-state index in [1.54, 1.807) is 13.0 Å². The summed E-state index contributed by atoms with van der Waals surface area (Å²) < 4.78 is 4.99. The molecule has 1 atom stereocenters. The zero-order valence-electron chi connectivity index (χ0n) is 11.1. The summed E-state index contributed by atoms with van der Waals surface area (Å²) in [6.07, 6.45) is 1.84. The first-order chi connectivity index (χ1) is 9.11. The Morgan fingerprint density at radius 3 is 3.00 bits per heavy atom. The van der Waals surface area contributed by atoms with Gasteiger partial charge in [-0.2, -0.15) is 0 Å². The first-order valence-electron chi connectivity index (χ1n) is 6.43. The summed E-state index contributed by atoms with van der Waals surface area (Å²) in [5.74, 6) is -0.466. The second-order valence-corrected chi connectivity index (χ2v) is 5.71. The van der Waals surface area contributed by atoms with Crippen molar-refractivity contribution in [3.05, 3.63) is 16.5 Å². The highest BCUT2D eigenvalue weighted by molar-refractivity contribution is 7.16. The average Bonchev–Trinajstić information content (AvgIpc) is 2.98. The number of esters is 1. The topological polar surface area (TPSA) is 67.4 Å². The molecular weight excluding hydrogens is 264 g/mol. The van der Waals surface area contributed by atoms with E-state index in [0.717, 1.165) is 24.3 Å². The van der Waals surface area contributed by atoms with Crippen LogP contribution in [-0.4, -0.2) is 31.1 Å². The molecule has 0 bridgehead atoms. The summed E-state index contributed by atoms with van der Waals surface area (Å²) >= 11 is 1.40. The molecule has 1 unspecified atom stereocenters. The van der Waals surface area contributed by atoms with Crippen LogP contribution in [0.2, 0.25) is 0 Å². The lowest BCUT2D eigenvalue weighted by atomic mass is 10.2. The van der Waals surface area contributed by atoms with Gasteiger partial charge in [-0.3, -0.25) is 4.79 Å². The maximum Gasteiger partial charge on any atom is 0.341 e. The molecule has 1 aromatic rings. The minimum absolute atomic E-state index is 0.0788. The predicted octanol–water partition coefficient (Wildman–Crippen LogP) is 1.92. The molecule has 0 radical (unpaired) electrons. The molecule has 0 aliphatic carbocycles. The Morgan fingerprint density at radius 1 is 1.58 bits per heavy atom. The Hall–Kier alpha value is -1.40. The van der Waals surface area contributed by atoms with E-state index in [1.807, 2.05) is 6.92 Å². The van der Waals surface area contributed by atoms with Crippen LogP contribution in [-0.2, 0) is 9.53 Å². The summed E-state index contributed by atoms with van der Waals surface area (Å²) in [4.78, 5) is 24.8. The van der Waals surface area contributed by atoms with Gasteiger partial charge in [0.25, 0.3) is 0 Å². The van der Waals surface area contributed by atoms with Crippen molar-refractivity contribution in [2.45, 2.75) is 32.7 Å². The molecule has 1 aromatic heterocycles. The van der Waals surface area contributed by atoms with Gasteiger partial charge in [-0.25, -0.2) is 4.79 Å². The maximum absolute atomic E-state index is 12.0. The minimum Gasteiger partial charge on any atom is -0.462 e. The lowest BCUT2D eigenvalue weighted by Gasteiger charge is -2.10. The Bertz CT molecular complexity index is 478. The highest BCUT2D eigenvalue weighted by Gasteiger charge is 2.24. The largest absolute Gasteiger partial charge is 0.462 e. The Labute approximate surface area is 116 Å². The lowest BCUT2D eigenvalue weighted by molar-refractivity contribution is -0.117. The van der Waals surface area contributed by atoms with Gasteiger partial charge in [-0.05, 0) is 39.3 Å². The lowest BCUT2D eigenvalue weighted by Crippen LogP contribution is -2.35. The molecular formula is C13H18N2O3S. The highest BCUT2D eigenvalue weighted by atomic mass is 32.1. The number of hydrogen-bond acceptors (Lipinski definition) is 5. The Kier molecular flexibility index (Phi) is 4.55. The van der Waals surface area contributed by atoms with Crippen molar-refractivity contribution in [2.24, 2.45) is 0 Å². The fourth-order valence-electron chi connectivity index (χ4n) is 2.07. The number of rotatable bonds is 4. The van der Waals surface area contributed by atoms with Crippen molar-refractivity contribution < 1.29 is 14.3 Å². The van der Waals surface area contributed by atoms with Crippen LogP contribution >= 0.6 is 11.3 Å². The quantitative estimate of drug-likeness (QED) is 0.828. The zero-order chi connectivity index (χ0) is 13.8. The van der Waals surface area contributed by atoms with E-state index in [2.05, 4.69) is 10.6 Å². The summed E-state index contributed by atoms with van der Waals surface area (Å²) in [6.45, 7) is 4.85. The van der Waals surface area contributed by atoms with Crippen molar-refractivity contribution in [1.82, 2.24) is 5.32 Å². The van der Waals surface area contributed by atoms with E-state index in [1.165, 1.54) is 11.3 Å². The summed E-state index contributed by atoms with van der Waals surface area (Å²) in [7, 11) is 0. The van der Waals surface area contributed by atoms with E-state index in [-0.39, 0.29) is 17.9 Å². The first kappa shape index (κ1) is 14.0. The Balaban J connectivity index is 2.10. The third kappa shape index (κ3) is 3.33. The van der Waals surface area contributed by atoms with Gasteiger partial charge < -0.3 is 15.4 Å². The molecule has 19 heavy (non-hydrogen) atoms. The fraction of sp³-hybridized carbons (Fsp3) is 0.538. The number of aryl methyl sites for hydroxylation is 1. The Morgan fingerprint density at radius 2 is 2.37 bits per heavy atom. The molecule has 5 nitrogen and oxygen atoms in total. The molecule has 0 aromatic carbocycles.